The molecule has 0 radical (unpaired) electrons. The fourth-order valence-electron chi connectivity index (χ4n) is 1.72. The Bertz CT molecular complexity index is 239. The predicted molar refractivity (Wildman–Crippen MR) is 93.0 cm³/mol. The summed E-state index contributed by atoms with van der Waals surface area (Å²) < 4.78 is 10.3. The molecule has 1 unspecified atom stereocenters. The van der Waals surface area contributed by atoms with Crippen LogP contribution in [-0.2, 0) is 9.47 Å². The Morgan fingerprint density at radius 1 is 1.32 bits per heavy atom. The van der Waals surface area contributed by atoms with E-state index < -0.39 is 0 Å². The number of nitrogens with zero attached hydrogens (tertiary/aromatic N) is 1. The molecular weight excluding hydrogens is 377 g/mol. The largest absolute Gasteiger partial charge is 0.382 e. The lowest BCUT2D eigenvalue weighted by atomic mass is 10.2. The second-order valence-corrected chi connectivity index (χ2v) is 5.53. The van der Waals surface area contributed by atoms with E-state index in [2.05, 4.69) is 15.6 Å². The number of ether oxygens (including phenoxy) is 2. The van der Waals surface area contributed by atoms with Gasteiger partial charge in [0.15, 0.2) is 5.96 Å². The molecule has 0 aromatic heterocycles. The molecule has 7 heteroatoms. The van der Waals surface area contributed by atoms with Gasteiger partial charge < -0.3 is 20.1 Å². The fraction of sp³-hybridized carbons (Fsp3) is 0.917. The molecule has 0 aromatic rings. The van der Waals surface area contributed by atoms with Crippen molar-refractivity contribution in [3.8, 4) is 0 Å². The van der Waals surface area contributed by atoms with E-state index in [1.807, 2.05) is 11.8 Å². The van der Waals surface area contributed by atoms with Crippen LogP contribution in [-0.4, -0.2) is 64.0 Å². The summed E-state index contributed by atoms with van der Waals surface area (Å²) in [6, 6.07) is 0. The van der Waals surface area contributed by atoms with Crippen LogP contribution in [0.15, 0.2) is 4.99 Å². The first-order valence-electron chi connectivity index (χ1n) is 6.49. The van der Waals surface area contributed by atoms with Crippen LogP contribution in [0.4, 0.5) is 0 Å². The fourth-order valence-corrected chi connectivity index (χ4v) is 2.92. The normalized spacial score (nSPS) is 19.1. The van der Waals surface area contributed by atoms with E-state index in [9.17, 15) is 0 Å². The molecule has 0 aliphatic carbocycles. The molecule has 0 spiro atoms. The van der Waals surface area contributed by atoms with E-state index in [1.165, 1.54) is 18.6 Å². The van der Waals surface area contributed by atoms with E-state index in [0.29, 0.717) is 19.8 Å². The van der Waals surface area contributed by atoms with Crippen molar-refractivity contribution >= 4 is 41.7 Å². The van der Waals surface area contributed by atoms with Crippen molar-refractivity contribution in [3.63, 3.8) is 0 Å². The highest BCUT2D eigenvalue weighted by Crippen LogP contribution is 2.25. The van der Waals surface area contributed by atoms with Crippen molar-refractivity contribution < 1.29 is 9.47 Å². The number of hydrogen-bond acceptors (Lipinski definition) is 4. The zero-order valence-corrected chi connectivity index (χ0v) is 15.0. The van der Waals surface area contributed by atoms with Gasteiger partial charge >= 0.3 is 0 Å². The lowest BCUT2D eigenvalue weighted by Crippen LogP contribution is -2.41. The second kappa shape index (κ2) is 13.3. The molecule has 1 saturated heterocycles. The lowest BCUT2D eigenvalue weighted by Gasteiger charge is -2.14. The third kappa shape index (κ3) is 9.75. The van der Waals surface area contributed by atoms with Crippen molar-refractivity contribution in [2.45, 2.75) is 18.1 Å². The molecule has 19 heavy (non-hydrogen) atoms. The summed E-state index contributed by atoms with van der Waals surface area (Å²) >= 11 is 2.05. The first-order valence-corrected chi connectivity index (χ1v) is 7.54. The Morgan fingerprint density at radius 2 is 2.16 bits per heavy atom. The minimum absolute atomic E-state index is 0. The smallest absolute Gasteiger partial charge is 0.191 e. The predicted octanol–water partition coefficient (Wildman–Crippen LogP) is 1.33. The molecule has 1 aliphatic heterocycles. The number of halogens is 1. The summed E-state index contributed by atoms with van der Waals surface area (Å²) in [5.41, 5.74) is 0. The maximum atomic E-state index is 5.37. The van der Waals surface area contributed by atoms with Crippen LogP contribution in [0, 0.1) is 0 Å². The highest BCUT2D eigenvalue weighted by Gasteiger charge is 2.15. The molecule has 0 saturated carbocycles. The summed E-state index contributed by atoms with van der Waals surface area (Å²) in [6.45, 7) is 3.72. The second-order valence-electron chi connectivity index (χ2n) is 4.12. The Morgan fingerprint density at radius 3 is 2.79 bits per heavy atom. The van der Waals surface area contributed by atoms with Gasteiger partial charge in [0.25, 0.3) is 0 Å². The number of nitrogens with one attached hydrogen (secondary N) is 2. The van der Waals surface area contributed by atoms with Gasteiger partial charge in [-0.2, -0.15) is 11.8 Å². The third-order valence-electron chi connectivity index (χ3n) is 2.72. The zero-order chi connectivity index (χ0) is 13.1. The van der Waals surface area contributed by atoms with Crippen LogP contribution in [0.2, 0.25) is 0 Å². The number of methoxy groups -OCH3 is 1. The summed E-state index contributed by atoms with van der Waals surface area (Å²) in [4.78, 5) is 4.19. The number of aliphatic imine (C=N–C) groups is 1. The van der Waals surface area contributed by atoms with Crippen LogP contribution >= 0.6 is 35.7 Å². The summed E-state index contributed by atoms with van der Waals surface area (Å²) in [5.74, 6) is 2.16. The molecule has 114 valence electrons. The molecule has 2 N–H and O–H groups in total. The van der Waals surface area contributed by atoms with Crippen molar-refractivity contribution in [1.29, 1.82) is 0 Å². The third-order valence-corrected chi connectivity index (χ3v) is 4.11. The average Bonchev–Trinajstić information content (AvgIpc) is 2.90. The van der Waals surface area contributed by atoms with Crippen LogP contribution in [0.1, 0.15) is 12.8 Å². The summed E-state index contributed by atoms with van der Waals surface area (Å²) in [5, 5.41) is 7.32. The molecule has 1 fully saturated rings. The van der Waals surface area contributed by atoms with Crippen LogP contribution < -0.4 is 10.6 Å². The maximum Gasteiger partial charge on any atom is 0.191 e. The van der Waals surface area contributed by atoms with Gasteiger partial charge in [-0.25, -0.2) is 0 Å². The van der Waals surface area contributed by atoms with Gasteiger partial charge in [-0.05, 0) is 18.6 Å². The Kier molecular flexibility index (Phi) is 13.5. The number of hydrogen-bond donors (Lipinski definition) is 2. The van der Waals surface area contributed by atoms with E-state index >= 15 is 0 Å². The van der Waals surface area contributed by atoms with E-state index in [-0.39, 0.29) is 24.0 Å². The maximum absolute atomic E-state index is 5.37. The average molecular weight is 403 g/mol. The topological polar surface area (TPSA) is 54.9 Å². The van der Waals surface area contributed by atoms with E-state index in [0.717, 1.165) is 24.3 Å². The molecular formula is C12H26IN3O2S. The summed E-state index contributed by atoms with van der Waals surface area (Å²) in [6.07, 6.45) is 2.66. The van der Waals surface area contributed by atoms with Crippen molar-refractivity contribution in [2.75, 3.05) is 52.8 Å². The molecule has 1 aliphatic rings. The lowest BCUT2D eigenvalue weighted by molar-refractivity contribution is 0.0733. The van der Waals surface area contributed by atoms with Crippen molar-refractivity contribution in [1.82, 2.24) is 10.6 Å². The van der Waals surface area contributed by atoms with Gasteiger partial charge in [0.2, 0.25) is 0 Å². The molecule has 5 nitrogen and oxygen atoms in total. The molecule has 0 aromatic carbocycles. The van der Waals surface area contributed by atoms with Gasteiger partial charge in [-0.15, -0.1) is 24.0 Å². The zero-order valence-electron chi connectivity index (χ0n) is 11.8. The van der Waals surface area contributed by atoms with Gasteiger partial charge in [-0.1, -0.05) is 0 Å². The van der Waals surface area contributed by atoms with Gasteiger partial charge in [0, 0.05) is 32.5 Å². The molecule has 1 heterocycles. The molecule has 0 amide bonds. The monoisotopic (exact) mass is 403 g/mol. The first kappa shape index (κ1) is 19.3. The van der Waals surface area contributed by atoms with Crippen molar-refractivity contribution in [2.24, 2.45) is 4.99 Å². The first-order chi connectivity index (χ1) is 8.86. The van der Waals surface area contributed by atoms with Crippen molar-refractivity contribution in [3.05, 3.63) is 0 Å². The van der Waals surface area contributed by atoms with E-state index in [4.69, 9.17) is 9.47 Å². The Balaban J connectivity index is 0.00000324. The number of rotatable bonds is 8. The SMILES string of the molecule is CN=C(NCCOCCOC)NCC1CCCS1.I. The highest BCUT2D eigenvalue weighted by molar-refractivity contribution is 14.0. The standard InChI is InChI=1S/C12H25N3O2S.HI/c1-13-12(14-5-6-17-8-7-16-2)15-10-11-4-3-9-18-11;/h11H,3-10H2,1-2H3,(H2,13,14,15);1H. The minimum atomic E-state index is 0. The molecule has 1 atom stereocenters. The Labute approximate surface area is 137 Å². The molecule has 0 bridgehead atoms. The number of thioether (sulfide) groups is 1. The van der Waals surface area contributed by atoms with Crippen LogP contribution in [0.3, 0.4) is 0 Å². The van der Waals surface area contributed by atoms with Crippen LogP contribution in [0.5, 0.6) is 0 Å². The van der Waals surface area contributed by atoms with Gasteiger partial charge in [0.05, 0.1) is 19.8 Å². The highest BCUT2D eigenvalue weighted by atomic mass is 127. The Hall–Kier alpha value is 0.270. The molecule has 1 rings (SSSR count). The van der Waals surface area contributed by atoms with Gasteiger partial charge in [0.1, 0.15) is 0 Å². The quantitative estimate of drug-likeness (QED) is 0.277. The minimum Gasteiger partial charge on any atom is -0.382 e. The van der Waals surface area contributed by atoms with Crippen LogP contribution in [0.25, 0.3) is 0 Å². The number of guanidine groups is 1. The van der Waals surface area contributed by atoms with E-state index in [1.54, 1.807) is 14.2 Å². The van der Waals surface area contributed by atoms with Gasteiger partial charge in [-0.3, -0.25) is 4.99 Å². The summed E-state index contributed by atoms with van der Waals surface area (Å²) in [7, 11) is 3.47.